The maximum Gasteiger partial charge on any atom is 0.202 e. The molecule has 4 aromatic rings. The molecule has 1 aliphatic rings. The molecule has 0 unspecified atom stereocenters. The van der Waals surface area contributed by atoms with Gasteiger partial charge in [0.1, 0.15) is 18.7 Å². The highest BCUT2D eigenvalue weighted by Gasteiger charge is 2.24. The molecule has 0 radical (unpaired) electrons. The first-order valence-corrected chi connectivity index (χ1v) is 10.6. The molecular weight excluding hydrogens is 422 g/mol. The molecule has 0 spiro atoms. The Morgan fingerprint density at radius 3 is 2.79 bits per heavy atom. The van der Waals surface area contributed by atoms with Gasteiger partial charge < -0.3 is 18.8 Å². The quantitative estimate of drug-likeness (QED) is 0.403. The van der Waals surface area contributed by atoms with Crippen LogP contribution >= 0.6 is 0 Å². The number of fused-ring (bicyclic) bond motifs is 1. The second-order valence-electron chi connectivity index (χ2n) is 7.86. The minimum absolute atomic E-state index is 0.0697. The number of para-hydroxylation sites is 2. The van der Waals surface area contributed by atoms with Gasteiger partial charge in [-0.1, -0.05) is 18.2 Å². The zero-order chi connectivity index (χ0) is 22.8. The lowest BCUT2D eigenvalue weighted by molar-refractivity contribution is 0.0777. The maximum atomic E-state index is 12.9. The third kappa shape index (κ3) is 4.30. The molecule has 33 heavy (non-hydrogen) atoms. The van der Waals surface area contributed by atoms with Crippen LogP contribution in [-0.2, 0) is 6.54 Å². The Labute approximate surface area is 190 Å². The molecule has 0 fully saturated rings. The highest BCUT2D eigenvalue weighted by Crippen LogP contribution is 2.31. The van der Waals surface area contributed by atoms with Crippen LogP contribution in [0.3, 0.4) is 0 Å². The fourth-order valence-electron chi connectivity index (χ4n) is 3.94. The number of aryl methyl sites for hydroxylation is 1. The van der Waals surface area contributed by atoms with Crippen LogP contribution in [0.2, 0.25) is 0 Å². The van der Waals surface area contributed by atoms with E-state index in [-0.39, 0.29) is 18.5 Å². The van der Waals surface area contributed by atoms with E-state index in [2.05, 4.69) is 20.1 Å². The average molecular weight is 445 g/mol. The molecule has 9 heteroatoms. The number of ether oxygens (including phenoxy) is 3. The van der Waals surface area contributed by atoms with Gasteiger partial charge in [-0.25, -0.2) is 4.68 Å². The summed E-state index contributed by atoms with van der Waals surface area (Å²) in [6.45, 7) is 4.90. The Morgan fingerprint density at radius 1 is 1.12 bits per heavy atom. The first-order chi connectivity index (χ1) is 16.1. The molecule has 9 nitrogen and oxygen atoms in total. The van der Waals surface area contributed by atoms with Crippen molar-refractivity contribution >= 4 is 5.78 Å². The summed E-state index contributed by atoms with van der Waals surface area (Å²) < 4.78 is 21.3. The molecular formula is C24H23N5O4. The molecule has 168 valence electrons. The van der Waals surface area contributed by atoms with Crippen LogP contribution in [0.1, 0.15) is 21.7 Å². The first kappa shape index (κ1) is 20.7. The van der Waals surface area contributed by atoms with Gasteiger partial charge >= 0.3 is 0 Å². The third-order valence-corrected chi connectivity index (χ3v) is 5.63. The number of nitrogens with zero attached hydrogens (tertiary/aromatic N) is 5. The molecule has 3 heterocycles. The number of carbonyl (C=O) groups excluding carboxylic acids is 1. The number of carbonyl (C=O) groups is 1. The number of rotatable bonds is 7. The SMILES string of the molecule is Cc1cc(C(=O)COc2cccc(-n3cnnn3)c2)c(C)n1C[C@@H]1COc2ccccc2O1. The van der Waals surface area contributed by atoms with Crippen molar-refractivity contribution in [2.45, 2.75) is 26.5 Å². The topological polar surface area (TPSA) is 93.3 Å². The summed E-state index contributed by atoms with van der Waals surface area (Å²) in [5.41, 5.74) is 3.26. The summed E-state index contributed by atoms with van der Waals surface area (Å²) in [4.78, 5) is 12.9. The minimum Gasteiger partial charge on any atom is -0.486 e. The lowest BCUT2D eigenvalue weighted by Crippen LogP contribution is -2.33. The fraction of sp³-hybridized carbons (Fsp3) is 0.250. The molecule has 2 aromatic heterocycles. The Hall–Kier alpha value is -4.14. The first-order valence-electron chi connectivity index (χ1n) is 10.6. The molecule has 0 saturated heterocycles. The summed E-state index contributed by atoms with van der Waals surface area (Å²) >= 11 is 0. The maximum absolute atomic E-state index is 12.9. The second-order valence-corrected chi connectivity index (χ2v) is 7.86. The Morgan fingerprint density at radius 2 is 1.97 bits per heavy atom. The lowest BCUT2D eigenvalue weighted by atomic mass is 10.1. The summed E-state index contributed by atoms with van der Waals surface area (Å²) in [5.74, 6) is 1.97. The van der Waals surface area contributed by atoms with Crippen molar-refractivity contribution in [3.63, 3.8) is 0 Å². The molecule has 1 atom stereocenters. The summed E-state index contributed by atoms with van der Waals surface area (Å²) in [7, 11) is 0. The van der Waals surface area contributed by atoms with E-state index in [1.165, 1.54) is 11.0 Å². The van der Waals surface area contributed by atoms with Gasteiger partial charge in [0.15, 0.2) is 24.2 Å². The number of hydrogen-bond acceptors (Lipinski definition) is 7. The average Bonchev–Trinajstić information content (AvgIpc) is 3.47. The van der Waals surface area contributed by atoms with Crippen molar-refractivity contribution in [1.29, 1.82) is 0 Å². The van der Waals surface area contributed by atoms with Crippen LogP contribution in [0.5, 0.6) is 17.2 Å². The molecule has 2 aromatic carbocycles. The molecule has 0 amide bonds. The van der Waals surface area contributed by atoms with E-state index in [0.717, 1.165) is 28.6 Å². The fourth-order valence-corrected chi connectivity index (χ4v) is 3.94. The Kier molecular flexibility index (Phi) is 5.52. The van der Waals surface area contributed by atoms with Crippen molar-refractivity contribution in [1.82, 2.24) is 24.8 Å². The minimum atomic E-state index is -0.141. The smallest absolute Gasteiger partial charge is 0.202 e. The van der Waals surface area contributed by atoms with Gasteiger partial charge in [0.25, 0.3) is 0 Å². The summed E-state index contributed by atoms with van der Waals surface area (Å²) in [6.07, 6.45) is 1.36. The van der Waals surface area contributed by atoms with E-state index < -0.39 is 0 Å². The standard InChI is InChI=1S/C24H23N5O4/c1-16-10-21(17(2)28(16)12-20-13-32-23-8-3-4-9-24(23)33-20)22(30)14-31-19-7-5-6-18(11-19)29-15-25-26-27-29/h3-11,15,20H,12-14H2,1-2H3/t20-/m1/s1. The number of Topliss-reactive ketones (excluding diaryl/α,β-unsaturated/α-hetero) is 1. The number of aromatic nitrogens is 5. The highest BCUT2D eigenvalue weighted by atomic mass is 16.6. The van der Waals surface area contributed by atoms with Gasteiger partial charge in [-0.3, -0.25) is 4.79 Å². The van der Waals surface area contributed by atoms with Crippen LogP contribution in [0, 0.1) is 13.8 Å². The van der Waals surface area contributed by atoms with Crippen LogP contribution in [0.4, 0.5) is 0 Å². The van der Waals surface area contributed by atoms with E-state index in [1.54, 1.807) is 12.1 Å². The van der Waals surface area contributed by atoms with Crippen molar-refractivity contribution in [2.24, 2.45) is 0 Å². The van der Waals surface area contributed by atoms with Crippen LogP contribution in [0.25, 0.3) is 5.69 Å². The van der Waals surface area contributed by atoms with Crippen LogP contribution in [0.15, 0.2) is 60.9 Å². The highest BCUT2D eigenvalue weighted by molar-refractivity contribution is 5.98. The predicted octanol–water partition coefficient (Wildman–Crippen LogP) is 3.18. The predicted molar refractivity (Wildman–Crippen MR) is 119 cm³/mol. The molecule has 0 bridgehead atoms. The second kappa shape index (κ2) is 8.78. The van der Waals surface area contributed by atoms with Crippen molar-refractivity contribution in [3.8, 4) is 22.9 Å². The van der Waals surface area contributed by atoms with Crippen molar-refractivity contribution in [3.05, 3.63) is 77.9 Å². The number of tetrazole rings is 1. The number of ketones is 1. The van der Waals surface area contributed by atoms with Crippen molar-refractivity contribution in [2.75, 3.05) is 13.2 Å². The van der Waals surface area contributed by atoms with E-state index in [4.69, 9.17) is 14.2 Å². The summed E-state index contributed by atoms with van der Waals surface area (Å²) in [6, 6.07) is 16.8. The van der Waals surface area contributed by atoms with Crippen LogP contribution < -0.4 is 14.2 Å². The molecule has 1 aliphatic heterocycles. The van der Waals surface area contributed by atoms with Gasteiger partial charge in [-0.2, -0.15) is 0 Å². The lowest BCUT2D eigenvalue weighted by Gasteiger charge is -2.27. The van der Waals surface area contributed by atoms with E-state index in [1.807, 2.05) is 56.3 Å². The van der Waals surface area contributed by atoms with Crippen molar-refractivity contribution < 1.29 is 19.0 Å². The molecule has 0 aliphatic carbocycles. The Bertz CT molecular complexity index is 1280. The van der Waals surface area contributed by atoms with Gasteiger partial charge in [0.2, 0.25) is 5.78 Å². The van der Waals surface area contributed by atoms with Gasteiger partial charge in [0, 0.05) is 23.0 Å². The Balaban J connectivity index is 1.25. The molecule has 5 rings (SSSR count). The number of benzene rings is 2. The summed E-state index contributed by atoms with van der Waals surface area (Å²) in [5, 5.41) is 11.1. The zero-order valence-electron chi connectivity index (χ0n) is 18.3. The monoisotopic (exact) mass is 445 g/mol. The largest absolute Gasteiger partial charge is 0.486 e. The van der Waals surface area contributed by atoms with Gasteiger partial charge in [0.05, 0.1) is 12.2 Å². The van der Waals surface area contributed by atoms with Gasteiger partial charge in [-0.15, -0.1) is 5.10 Å². The zero-order valence-corrected chi connectivity index (χ0v) is 18.3. The molecule has 0 N–H and O–H groups in total. The van der Waals surface area contributed by atoms with E-state index in [0.29, 0.717) is 24.5 Å². The van der Waals surface area contributed by atoms with E-state index in [9.17, 15) is 4.79 Å². The van der Waals surface area contributed by atoms with Crippen LogP contribution in [-0.4, -0.2) is 49.9 Å². The molecule has 0 saturated carbocycles. The number of hydrogen-bond donors (Lipinski definition) is 0. The van der Waals surface area contributed by atoms with Gasteiger partial charge in [-0.05, 0) is 54.6 Å². The normalized spacial score (nSPS) is 14.8. The van der Waals surface area contributed by atoms with E-state index >= 15 is 0 Å². The third-order valence-electron chi connectivity index (χ3n) is 5.63.